The van der Waals surface area contributed by atoms with Crippen LogP contribution in [0.15, 0.2) is 0 Å². The van der Waals surface area contributed by atoms with Crippen LogP contribution < -0.4 is 16.4 Å². The molecule has 1 rings (SSSR count). The second kappa shape index (κ2) is 6.61. The minimum Gasteiger partial charge on any atom is -0.352 e. The Balaban J connectivity index is 2.42. The van der Waals surface area contributed by atoms with Gasteiger partial charge in [-0.05, 0) is 31.6 Å². The Kier molecular flexibility index (Phi) is 5.76. The SMILES string of the molecule is CC(=O)NC(C)[C@@H](CS)N[C@H](N)[C@H]1CCC1C. The molecule has 0 aromatic carbocycles. The van der Waals surface area contributed by atoms with Crippen LogP contribution >= 0.6 is 12.6 Å². The Hall–Kier alpha value is -0.260. The van der Waals surface area contributed by atoms with E-state index in [1.165, 1.54) is 19.8 Å². The Morgan fingerprint density at radius 2 is 2.18 bits per heavy atom. The lowest BCUT2D eigenvalue weighted by atomic mass is 9.73. The number of hydrogen-bond donors (Lipinski definition) is 4. The smallest absolute Gasteiger partial charge is 0.217 e. The molecule has 0 saturated heterocycles. The zero-order chi connectivity index (χ0) is 13.0. The van der Waals surface area contributed by atoms with Gasteiger partial charge >= 0.3 is 0 Å². The molecule has 5 heteroatoms. The predicted octanol–water partition coefficient (Wildman–Crippen LogP) is 0.730. The van der Waals surface area contributed by atoms with Gasteiger partial charge in [0.15, 0.2) is 0 Å². The fourth-order valence-corrected chi connectivity index (χ4v) is 2.79. The molecule has 1 fully saturated rings. The number of rotatable bonds is 6. The third-order valence-corrected chi connectivity index (χ3v) is 4.18. The van der Waals surface area contributed by atoms with Crippen LogP contribution in [0.25, 0.3) is 0 Å². The average molecular weight is 259 g/mol. The van der Waals surface area contributed by atoms with E-state index in [0.29, 0.717) is 17.6 Å². The number of carbonyl (C=O) groups is 1. The van der Waals surface area contributed by atoms with E-state index in [2.05, 4.69) is 30.2 Å². The molecule has 5 atom stereocenters. The van der Waals surface area contributed by atoms with Crippen molar-refractivity contribution in [2.45, 2.75) is 51.9 Å². The highest BCUT2D eigenvalue weighted by molar-refractivity contribution is 7.80. The summed E-state index contributed by atoms with van der Waals surface area (Å²) >= 11 is 4.32. The van der Waals surface area contributed by atoms with E-state index in [9.17, 15) is 4.79 Å². The summed E-state index contributed by atoms with van der Waals surface area (Å²) in [5, 5.41) is 6.27. The molecular weight excluding hydrogens is 234 g/mol. The van der Waals surface area contributed by atoms with E-state index < -0.39 is 0 Å². The van der Waals surface area contributed by atoms with Gasteiger partial charge in [0.2, 0.25) is 5.91 Å². The quantitative estimate of drug-likeness (QED) is 0.420. The highest BCUT2D eigenvalue weighted by atomic mass is 32.1. The van der Waals surface area contributed by atoms with Gasteiger partial charge in [0.05, 0.1) is 6.17 Å². The van der Waals surface area contributed by atoms with Gasteiger partial charge in [0.1, 0.15) is 0 Å². The van der Waals surface area contributed by atoms with Crippen molar-refractivity contribution in [1.29, 1.82) is 0 Å². The summed E-state index contributed by atoms with van der Waals surface area (Å²) in [7, 11) is 0. The molecule has 4 N–H and O–H groups in total. The van der Waals surface area contributed by atoms with E-state index in [1.54, 1.807) is 0 Å². The summed E-state index contributed by atoms with van der Waals surface area (Å²) in [4.78, 5) is 11.0. The summed E-state index contributed by atoms with van der Waals surface area (Å²) in [5.41, 5.74) is 6.16. The first-order valence-corrected chi connectivity index (χ1v) is 6.98. The molecule has 1 saturated carbocycles. The standard InChI is InChI=1S/C12H25N3OS/c1-7-4-5-10(7)12(13)15-11(6-17)8(2)14-9(3)16/h7-8,10-12,15,17H,4-6,13H2,1-3H3,(H,14,16)/t7?,8?,10-,11+,12-/m0/s1. The molecule has 4 nitrogen and oxygen atoms in total. The van der Waals surface area contributed by atoms with Crippen LogP contribution in [0.3, 0.4) is 0 Å². The second-order valence-electron chi connectivity index (χ2n) is 5.19. The third kappa shape index (κ3) is 4.16. The molecule has 0 aromatic heterocycles. The number of nitrogens with two attached hydrogens (primary N) is 1. The molecule has 1 aliphatic carbocycles. The van der Waals surface area contributed by atoms with Crippen molar-refractivity contribution in [3.63, 3.8) is 0 Å². The van der Waals surface area contributed by atoms with E-state index >= 15 is 0 Å². The largest absolute Gasteiger partial charge is 0.352 e. The summed E-state index contributed by atoms with van der Waals surface area (Å²) in [5.74, 6) is 1.91. The number of amides is 1. The van der Waals surface area contributed by atoms with Crippen molar-refractivity contribution >= 4 is 18.5 Å². The van der Waals surface area contributed by atoms with Gasteiger partial charge in [-0.1, -0.05) is 6.92 Å². The maximum Gasteiger partial charge on any atom is 0.217 e. The third-order valence-electron chi connectivity index (χ3n) is 3.79. The number of carbonyl (C=O) groups excluding carboxylic acids is 1. The van der Waals surface area contributed by atoms with Crippen LogP contribution in [0.4, 0.5) is 0 Å². The van der Waals surface area contributed by atoms with Gasteiger partial charge in [-0.3, -0.25) is 10.1 Å². The van der Waals surface area contributed by atoms with E-state index in [4.69, 9.17) is 5.73 Å². The van der Waals surface area contributed by atoms with E-state index in [1.807, 2.05) is 6.92 Å². The molecule has 2 unspecified atom stereocenters. The van der Waals surface area contributed by atoms with Crippen LogP contribution in [-0.4, -0.2) is 29.9 Å². The van der Waals surface area contributed by atoms with Gasteiger partial charge in [0, 0.05) is 24.8 Å². The molecule has 0 spiro atoms. The molecular formula is C12H25N3OS. The van der Waals surface area contributed by atoms with Crippen molar-refractivity contribution in [2.75, 3.05) is 5.75 Å². The van der Waals surface area contributed by atoms with Crippen LogP contribution in [0.1, 0.15) is 33.6 Å². The molecule has 0 aromatic rings. The van der Waals surface area contributed by atoms with E-state index in [-0.39, 0.29) is 24.2 Å². The van der Waals surface area contributed by atoms with Crippen molar-refractivity contribution in [2.24, 2.45) is 17.6 Å². The molecule has 0 heterocycles. The van der Waals surface area contributed by atoms with Crippen molar-refractivity contribution in [3.05, 3.63) is 0 Å². The Morgan fingerprint density at radius 3 is 2.53 bits per heavy atom. The van der Waals surface area contributed by atoms with Crippen LogP contribution in [0.5, 0.6) is 0 Å². The minimum absolute atomic E-state index is 0.00658. The zero-order valence-electron chi connectivity index (χ0n) is 10.9. The second-order valence-corrected chi connectivity index (χ2v) is 5.55. The van der Waals surface area contributed by atoms with Crippen LogP contribution in [0, 0.1) is 11.8 Å². The van der Waals surface area contributed by atoms with E-state index in [0.717, 1.165) is 0 Å². The summed E-state index contributed by atoms with van der Waals surface area (Å²) in [6, 6.07) is 0.163. The molecule has 0 aliphatic heterocycles. The van der Waals surface area contributed by atoms with Gasteiger partial charge < -0.3 is 11.1 Å². The number of hydrogen-bond acceptors (Lipinski definition) is 4. The Morgan fingerprint density at radius 1 is 1.53 bits per heavy atom. The molecule has 1 aliphatic rings. The number of nitrogens with one attached hydrogen (secondary N) is 2. The van der Waals surface area contributed by atoms with Crippen molar-refractivity contribution < 1.29 is 4.79 Å². The Bertz CT molecular complexity index is 262. The zero-order valence-corrected chi connectivity index (χ0v) is 11.8. The molecule has 100 valence electrons. The lowest BCUT2D eigenvalue weighted by Crippen LogP contribution is -2.58. The van der Waals surface area contributed by atoms with Gasteiger partial charge in [-0.25, -0.2) is 0 Å². The summed E-state index contributed by atoms with van der Waals surface area (Å²) < 4.78 is 0. The van der Waals surface area contributed by atoms with Gasteiger partial charge in [0.25, 0.3) is 0 Å². The molecule has 0 bridgehead atoms. The molecule has 17 heavy (non-hydrogen) atoms. The highest BCUT2D eigenvalue weighted by Crippen LogP contribution is 2.34. The summed E-state index contributed by atoms with van der Waals surface area (Å²) in [6.07, 6.45) is 2.47. The van der Waals surface area contributed by atoms with Gasteiger partial charge in [-0.15, -0.1) is 0 Å². The van der Waals surface area contributed by atoms with Crippen LogP contribution in [-0.2, 0) is 4.79 Å². The first-order chi connectivity index (χ1) is 7.95. The fraction of sp³-hybridized carbons (Fsp3) is 0.917. The molecule has 0 radical (unpaired) electrons. The van der Waals surface area contributed by atoms with Crippen molar-refractivity contribution in [1.82, 2.24) is 10.6 Å². The first-order valence-electron chi connectivity index (χ1n) is 6.35. The lowest BCUT2D eigenvalue weighted by Gasteiger charge is -2.40. The predicted molar refractivity (Wildman–Crippen MR) is 73.9 cm³/mol. The van der Waals surface area contributed by atoms with Crippen molar-refractivity contribution in [3.8, 4) is 0 Å². The monoisotopic (exact) mass is 259 g/mol. The van der Waals surface area contributed by atoms with Crippen LogP contribution in [0.2, 0.25) is 0 Å². The maximum atomic E-state index is 11.0. The number of thiol groups is 1. The highest BCUT2D eigenvalue weighted by Gasteiger charge is 2.33. The normalized spacial score (nSPS) is 29.0. The maximum absolute atomic E-state index is 11.0. The first kappa shape index (κ1) is 14.8. The Labute approximate surface area is 110 Å². The average Bonchev–Trinajstić information content (AvgIpc) is 2.22. The topological polar surface area (TPSA) is 67.2 Å². The van der Waals surface area contributed by atoms with Gasteiger partial charge in [-0.2, -0.15) is 12.6 Å². The summed E-state index contributed by atoms with van der Waals surface area (Å²) in [6.45, 7) is 5.74. The minimum atomic E-state index is -0.0170. The fourth-order valence-electron chi connectivity index (χ4n) is 2.37. The molecule has 1 amide bonds. The lowest BCUT2D eigenvalue weighted by molar-refractivity contribution is -0.119.